The Morgan fingerprint density at radius 3 is 2.32 bits per heavy atom. The van der Waals surface area contributed by atoms with E-state index in [1.807, 2.05) is 53.4 Å². The highest BCUT2D eigenvalue weighted by atomic mass is 32.2. The Morgan fingerprint density at radius 1 is 0.976 bits per heavy atom. The summed E-state index contributed by atoms with van der Waals surface area (Å²) in [6.45, 7) is 13.4. The van der Waals surface area contributed by atoms with E-state index in [-0.39, 0.29) is 23.1 Å². The molecule has 3 amide bonds. The molecule has 1 aliphatic heterocycles. The predicted molar refractivity (Wildman–Crippen MR) is 166 cm³/mol. The number of rotatable bonds is 9. The van der Waals surface area contributed by atoms with Crippen molar-refractivity contribution >= 4 is 46.0 Å². The summed E-state index contributed by atoms with van der Waals surface area (Å²) in [5.41, 5.74) is 3.59. The molecule has 8 nitrogen and oxygen atoms in total. The van der Waals surface area contributed by atoms with Crippen molar-refractivity contribution in [2.45, 2.75) is 57.2 Å². The van der Waals surface area contributed by atoms with Gasteiger partial charge in [0.1, 0.15) is 0 Å². The molecule has 0 spiro atoms. The van der Waals surface area contributed by atoms with Gasteiger partial charge in [0, 0.05) is 62.6 Å². The Morgan fingerprint density at radius 2 is 1.66 bits per heavy atom. The van der Waals surface area contributed by atoms with Gasteiger partial charge in [0.2, 0.25) is 5.91 Å². The molecule has 10 heteroatoms. The summed E-state index contributed by atoms with van der Waals surface area (Å²) < 4.78 is 0.978. The summed E-state index contributed by atoms with van der Waals surface area (Å²) in [4.78, 5) is 45.3. The fraction of sp³-hybridized carbons (Fsp3) is 0.419. The van der Waals surface area contributed by atoms with Crippen molar-refractivity contribution in [2.75, 3.05) is 31.5 Å². The van der Waals surface area contributed by atoms with E-state index >= 15 is 0 Å². The number of amides is 3. The lowest BCUT2D eigenvalue weighted by molar-refractivity contribution is -0.130. The maximum Gasteiger partial charge on any atom is 0.257 e. The third kappa shape index (κ3) is 8.64. The van der Waals surface area contributed by atoms with Crippen LogP contribution in [-0.2, 0) is 17.1 Å². The molecule has 0 aliphatic carbocycles. The molecule has 41 heavy (non-hydrogen) atoms. The largest absolute Gasteiger partial charge is 0.339 e. The van der Waals surface area contributed by atoms with Crippen LogP contribution in [0.4, 0.5) is 5.13 Å². The quantitative estimate of drug-likeness (QED) is 0.318. The van der Waals surface area contributed by atoms with Crippen molar-refractivity contribution in [2.24, 2.45) is 5.41 Å². The van der Waals surface area contributed by atoms with Crippen molar-refractivity contribution in [1.29, 1.82) is 0 Å². The van der Waals surface area contributed by atoms with Crippen LogP contribution in [-0.4, -0.2) is 64.7 Å². The van der Waals surface area contributed by atoms with Crippen LogP contribution in [0.1, 0.15) is 66.5 Å². The summed E-state index contributed by atoms with van der Waals surface area (Å²) >= 11 is 3.05. The Bertz CT molecular complexity index is 1360. The Labute approximate surface area is 250 Å². The van der Waals surface area contributed by atoms with E-state index in [0.717, 1.165) is 21.9 Å². The average molecular weight is 594 g/mol. The average Bonchev–Trinajstić information content (AvgIpc) is 3.41. The van der Waals surface area contributed by atoms with E-state index in [1.54, 1.807) is 29.8 Å². The number of thiazole rings is 1. The van der Waals surface area contributed by atoms with Crippen molar-refractivity contribution < 1.29 is 14.4 Å². The van der Waals surface area contributed by atoms with Gasteiger partial charge in [0.25, 0.3) is 11.8 Å². The highest BCUT2D eigenvalue weighted by molar-refractivity contribution is 8.00. The summed E-state index contributed by atoms with van der Waals surface area (Å²) in [7, 11) is 0. The highest BCUT2D eigenvalue weighted by Gasteiger charge is 2.23. The molecule has 0 bridgehead atoms. The second-order valence-electron chi connectivity index (χ2n) is 11.4. The SMILES string of the molecule is CC(=O)N1CCN(C(=O)c2cccc(CSc3cnc(NC(=O)c4ccc(CNC(C)C(C)(C)C)cc4)s3)c2)CC1. The van der Waals surface area contributed by atoms with E-state index in [1.165, 1.54) is 11.3 Å². The van der Waals surface area contributed by atoms with Crippen molar-refractivity contribution in [3.63, 3.8) is 0 Å². The molecule has 4 rings (SSSR count). The minimum absolute atomic E-state index is 0.00778. The number of nitrogens with zero attached hydrogens (tertiary/aromatic N) is 3. The number of hydrogen-bond acceptors (Lipinski definition) is 7. The monoisotopic (exact) mass is 593 g/mol. The van der Waals surface area contributed by atoms with E-state index in [9.17, 15) is 14.4 Å². The first-order valence-corrected chi connectivity index (χ1v) is 15.7. The third-order valence-corrected chi connectivity index (χ3v) is 9.58. The van der Waals surface area contributed by atoms with Crippen molar-refractivity contribution in [3.8, 4) is 0 Å². The molecule has 0 radical (unpaired) electrons. The van der Waals surface area contributed by atoms with Gasteiger partial charge < -0.3 is 15.1 Å². The molecule has 1 aliphatic rings. The minimum atomic E-state index is -0.186. The van der Waals surface area contributed by atoms with Crippen LogP contribution in [0.15, 0.2) is 58.9 Å². The number of benzene rings is 2. The zero-order chi connectivity index (χ0) is 29.6. The fourth-order valence-electron chi connectivity index (χ4n) is 4.26. The van der Waals surface area contributed by atoms with Crippen LogP contribution in [0.25, 0.3) is 0 Å². The van der Waals surface area contributed by atoms with Crippen molar-refractivity contribution in [1.82, 2.24) is 20.1 Å². The van der Waals surface area contributed by atoms with Gasteiger partial charge in [-0.15, -0.1) is 11.8 Å². The molecule has 1 unspecified atom stereocenters. The van der Waals surface area contributed by atoms with Crippen LogP contribution >= 0.6 is 23.1 Å². The molecular weight excluding hydrogens is 555 g/mol. The molecule has 1 fully saturated rings. The zero-order valence-electron chi connectivity index (χ0n) is 24.4. The Kier molecular flexibility index (Phi) is 10.2. The summed E-state index contributed by atoms with van der Waals surface area (Å²) in [5.74, 6) is 0.531. The van der Waals surface area contributed by atoms with Gasteiger partial charge in [-0.1, -0.05) is 56.4 Å². The number of thioether (sulfide) groups is 1. The van der Waals surface area contributed by atoms with E-state index in [0.29, 0.717) is 54.2 Å². The molecule has 1 atom stereocenters. The first-order valence-electron chi connectivity index (χ1n) is 13.9. The second-order valence-corrected chi connectivity index (χ2v) is 13.7. The van der Waals surface area contributed by atoms with Gasteiger partial charge in [-0.2, -0.15) is 0 Å². The number of aromatic nitrogens is 1. The lowest BCUT2D eigenvalue weighted by Gasteiger charge is -2.34. The lowest BCUT2D eigenvalue weighted by Crippen LogP contribution is -2.50. The number of hydrogen-bond donors (Lipinski definition) is 2. The van der Waals surface area contributed by atoms with Gasteiger partial charge in [-0.3, -0.25) is 19.7 Å². The first-order chi connectivity index (χ1) is 19.5. The van der Waals surface area contributed by atoms with E-state index in [4.69, 9.17) is 0 Å². The Balaban J connectivity index is 1.26. The summed E-state index contributed by atoms with van der Waals surface area (Å²) in [6.07, 6.45) is 1.76. The number of piperazine rings is 1. The van der Waals surface area contributed by atoms with Crippen LogP contribution < -0.4 is 10.6 Å². The predicted octanol–water partition coefficient (Wildman–Crippen LogP) is 5.52. The van der Waals surface area contributed by atoms with Crippen LogP contribution in [0.5, 0.6) is 0 Å². The zero-order valence-corrected chi connectivity index (χ0v) is 26.0. The molecular formula is C31H39N5O3S2. The number of anilines is 1. The normalized spacial score (nSPS) is 14.6. The molecule has 1 saturated heterocycles. The Hall–Kier alpha value is -3.21. The van der Waals surface area contributed by atoms with Gasteiger partial charge in [-0.05, 0) is 47.7 Å². The van der Waals surface area contributed by atoms with Crippen LogP contribution in [0.2, 0.25) is 0 Å². The standard InChI is InChI=1S/C31H39N5O3S2/c1-21(31(3,4)5)32-18-23-9-11-25(12-10-23)28(38)34-30-33-19-27(41-30)40-20-24-7-6-8-26(17-24)29(39)36-15-13-35(14-16-36)22(2)37/h6-12,17,19,21,32H,13-16,18,20H2,1-5H3,(H,33,34,38). The van der Waals surface area contributed by atoms with Crippen LogP contribution in [0, 0.1) is 5.41 Å². The lowest BCUT2D eigenvalue weighted by atomic mass is 9.88. The first kappa shape index (κ1) is 30.7. The smallest absolute Gasteiger partial charge is 0.257 e. The maximum absolute atomic E-state index is 13.0. The van der Waals surface area contributed by atoms with E-state index in [2.05, 4.69) is 43.3 Å². The second kappa shape index (κ2) is 13.6. The highest BCUT2D eigenvalue weighted by Crippen LogP contribution is 2.31. The molecule has 218 valence electrons. The van der Waals surface area contributed by atoms with Gasteiger partial charge in [0.15, 0.2) is 5.13 Å². The summed E-state index contributed by atoms with van der Waals surface area (Å²) in [5, 5.41) is 6.99. The van der Waals surface area contributed by atoms with E-state index < -0.39 is 0 Å². The fourth-order valence-corrected chi connectivity index (χ4v) is 6.07. The van der Waals surface area contributed by atoms with Gasteiger partial charge in [-0.25, -0.2) is 4.98 Å². The molecule has 1 aromatic heterocycles. The molecule has 2 aromatic carbocycles. The van der Waals surface area contributed by atoms with Gasteiger partial charge >= 0.3 is 0 Å². The maximum atomic E-state index is 13.0. The number of nitrogens with one attached hydrogen (secondary N) is 2. The summed E-state index contributed by atoms with van der Waals surface area (Å²) in [6, 6.07) is 15.7. The third-order valence-electron chi connectivity index (χ3n) is 7.40. The molecule has 3 aromatic rings. The molecule has 2 heterocycles. The van der Waals surface area contributed by atoms with Crippen molar-refractivity contribution in [3.05, 3.63) is 77.0 Å². The topological polar surface area (TPSA) is 94.6 Å². The van der Waals surface area contributed by atoms with Crippen LogP contribution in [0.3, 0.4) is 0 Å². The minimum Gasteiger partial charge on any atom is -0.339 e. The number of carbonyl (C=O) groups excluding carboxylic acids is 3. The molecule has 2 N–H and O–H groups in total. The van der Waals surface area contributed by atoms with Gasteiger partial charge in [0.05, 0.1) is 10.4 Å². The number of carbonyl (C=O) groups is 3. The molecule has 0 saturated carbocycles.